The maximum atomic E-state index is 5.97. The molecule has 0 aromatic heterocycles. The topological polar surface area (TPSA) is 35.2 Å². The lowest BCUT2D eigenvalue weighted by Crippen LogP contribution is -2.12. The summed E-state index contributed by atoms with van der Waals surface area (Å²) in [7, 11) is 1.65. The van der Waals surface area contributed by atoms with Crippen molar-refractivity contribution in [1.29, 1.82) is 0 Å². The molecule has 0 amide bonds. The summed E-state index contributed by atoms with van der Waals surface area (Å²) in [4.78, 5) is 1.10. The fourth-order valence-corrected chi connectivity index (χ4v) is 2.06. The van der Waals surface area contributed by atoms with E-state index >= 15 is 0 Å². The summed E-state index contributed by atoms with van der Waals surface area (Å²) in [5.74, 6) is 0.788. The van der Waals surface area contributed by atoms with Crippen LogP contribution in [0.15, 0.2) is 17.0 Å². The maximum absolute atomic E-state index is 5.97. The minimum absolute atomic E-state index is 0.116. The van der Waals surface area contributed by atoms with Crippen LogP contribution in [0.4, 0.5) is 5.69 Å². The van der Waals surface area contributed by atoms with Crippen LogP contribution in [-0.2, 0) is 5.41 Å². The van der Waals surface area contributed by atoms with Gasteiger partial charge in [0.15, 0.2) is 5.75 Å². The van der Waals surface area contributed by atoms with Crippen molar-refractivity contribution < 1.29 is 4.74 Å². The van der Waals surface area contributed by atoms with Gasteiger partial charge in [0.05, 0.1) is 17.7 Å². The maximum Gasteiger partial charge on any atom is 0.155 e. The highest BCUT2D eigenvalue weighted by Gasteiger charge is 2.17. The van der Waals surface area contributed by atoms with Crippen molar-refractivity contribution in [3.8, 4) is 5.75 Å². The molecule has 0 spiro atoms. The van der Waals surface area contributed by atoms with Crippen LogP contribution in [0, 0.1) is 0 Å². The Hall–Kier alpha value is -0.830. The molecule has 1 aromatic rings. The zero-order valence-corrected chi connectivity index (χ0v) is 10.9. The predicted molar refractivity (Wildman–Crippen MR) is 67.9 cm³/mol. The minimum Gasteiger partial charge on any atom is -0.493 e. The molecule has 1 aromatic carbocycles. The molecule has 0 unspecified atom stereocenters. The summed E-state index contributed by atoms with van der Waals surface area (Å²) in [6.45, 7) is 6.54. The Morgan fingerprint density at radius 3 is 2.27 bits per heavy atom. The van der Waals surface area contributed by atoms with Crippen LogP contribution in [0.5, 0.6) is 5.75 Å². The Morgan fingerprint density at radius 1 is 1.27 bits per heavy atom. The van der Waals surface area contributed by atoms with E-state index in [1.807, 2.05) is 12.3 Å². The molecule has 0 aliphatic heterocycles. The second kappa shape index (κ2) is 4.35. The lowest BCUT2D eigenvalue weighted by molar-refractivity contribution is 0.406. The van der Waals surface area contributed by atoms with E-state index < -0.39 is 0 Å². The van der Waals surface area contributed by atoms with Crippen LogP contribution in [0.2, 0.25) is 0 Å². The van der Waals surface area contributed by atoms with Crippen LogP contribution < -0.4 is 10.5 Å². The number of nitrogen functional groups attached to an aromatic ring is 1. The molecule has 0 atom stereocenters. The molecule has 84 valence electrons. The Morgan fingerprint density at radius 2 is 1.87 bits per heavy atom. The average molecular weight is 225 g/mol. The summed E-state index contributed by atoms with van der Waals surface area (Å²) in [5.41, 5.74) is 8.04. The van der Waals surface area contributed by atoms with Gasteiger partial charge in [-0.2, -0.15) is 0 Å². The van der Waals surface area contributed by atoms with Crippen LogP contribution in [-0.4, -0.2) is 13.4 Å². The van der Waals surface area contributed by atoms with Crippen molar-refractivity contribution in [2.45, 2.75) is 31.1 Å². The van der Waals surface area contributed by atoms with Gasteiger partial charge in [-0.3, -0.25) is 0 Å². The minimum atomic E-state index is 0.116. The normalized spacial score (nSPS) is 11.5. The van der Waals surface area contributed by atoms with Gasteiger partial charge in [0.1, 0.15) is 0 Å². The second-order valence-corrected chi connectivity index (χ2v) is 5.40. The molecule has 0 saturated heterocycles. The quantitative estimate of drug-likeness (QED) is 0.619. The van der Waals surface area contributed by atoms with E-state index in [2.05, 4.69) is 26.8 Å². The van der Waals surface area contributed by atoms with E-state index in [0.717, 1.165) is 10.6 Å². The smallest absolute Gasteiger partial charge is 0.155 e. The third-order valence-electron chi connectivity index (χ3n) is 2.37. The fourth-order valence-electron chi connectivity index (χ4n) is 1.43. The molecule has 0 fully saturated rings. The van der Waals surface area contributed by atoms with Gasteiger partial charge >= 0.3 is 0 Å². The van der Waals surface area contributed by atoms with Gasteiger partial charge in [-0.25, -0.2) is 0 Å². The molecule has 3 heteroatoms. The highest BCUT2D eigenvalue weighted by atomic mass is 32.2. The third kappa shape index (κ3) is 2.59. The van der Waals surface area contributed by atoms with Crippen LogP contribution in [0.25, 0.3) is 0 Å². The van der Waals surface area contributed by atoms with Gasteiger partial charge < -0.3 is 10.5 Å². The van der Waals surface area contributed by atoms with Crippen molar-refractivity contribution in [3.05, 3.63) is 17.7 Å². The van der Waals surface area contributed by atoms with Gasteiger partial charge in [0.2, 0.25) is 0 Å². The Kier molecular flexibility index (Phi) is 3.55. The molecule has 0 heterocycles. The first-order valence-electron chi connectivity index (χ1n) is 4.92. The standard InChI is InChI=1S/C12H19NOS/c1-12(2,3)8-6-9(13)11(14-4)10(7-8)15-5/h6-7H,13H2,1-5H3. The van der Waals surface area contributed by atoms with E-state index in [-0.39, 0.29) is 5.41 Å². The van der Waals surface area contributed by atoms with Gasteiger partial charge in [-0.1, -0.05) is 20.8 Å². The Bertz CT molecular complexity index is 355. The van der Waals surface area contributed by atoms with E-state index in [1.165, 1.54) is 5.56 Å². The van der Waals surface area contributed by atoms with Crippen LogP contribution in [0.3, 0.4) is 0 Å². The Labute approximate surface area is 96.2 Å². The van der Waals surface area contributed by atoms with E-state index in [9.17, 15) is 0 Å². The molecular formula is C12H19NOS. The highest BCUT2D eigenvalue weighted by molar-refractivity contribution is 7.98. The van der Waals surface area contributed by atoms with E-state index in [0.29, 0.717) is 5.69 Å². The Balaban J connectivity index is 3.32. The molecule has 2 nitrogen and oxygen atoms in total. The lowest BCUT2D eigenvalue weighted by atomic mass is 9.87. The number of rotatable bonds is 2. The number of benzene rings is 1. The number of hydrogen-bond donors (Lipinski definition) is 1. The summed E-state index contributed by atoms with van der Waals surface area (Å²) >= 11 is 1.66. The third-order valence-corrected chi connectivity index (χ3v) is 3.12. The van der Waals surface area contributed by atoms with Crippen LogP contribution in [0.1, 0.15) is 26.3 Å². The number of anilines is 1. The number of methoxy groups -OCH3 is 1. The largest absolute Gasteiger partial charge is 0.493 e. The summed E-state index contributed by atoms with van der Waals surface area (Å²) in [6, 6.07) is 4.15. The van der Waals surface area contributed by atoms with Crippen molar-refractivity contribution in [2.24, 2.45) is 0 Å². The van der Waals surface area contributed by atoms with Crippen molar-refractivity contribution in [2.75, 3.05) is 19.1 Å². The number of nitrogens with two attached hydrogens (primary N) is 1. The van der Waals surface area contributed by atoms with E-state index in [4.69, 9.17) is 10.5 Å². The predicted octanol–water partition coefficient (Wildman–Crippen LogP) is 3.30. The van der Waals surface area contributed by atoms with Gasteiger partial charge in [0, 0.05) is 0 Å². The first-order valence-corrected chi connectivity index (χ1v) is 6.14. The highest BCUT2D eigenvalue weighted by Crippen LogP contribution is 2.37. The molecule has 0 aliphatic carbocycles. The SMILES string of the molecule is COc1c(N)cc(C(C)(C)C)cc1SC. The first-order chi connectivity index (χ1) is 6.90. The fraction of sp³-hybridized carbons (Fsp3) is 0.500. The van der Waals surface area contributed by atoms with Gasteiger partial charge in [-0.05, 0) is 29.4 Å². The zero-order valence-electron chi connectivity index (χ0n) is 10.0. The number of ether oxygens (including phenoxy) is 1. The molecule has 0 radical (unpaired) electrons. The molecule has 1 rings (SSSR count). The average Bonchev–Trinajstić information content (AvgIpc) is 2.15. The van der Waals surface area contributed by atoms with Crippen LogP contribution >= 0.6 is 11.8 Å². The molecule has 0 aliphatic rings. The molecular weight excluding hydrogens is 206 g/mol. The molecule has 0 bridgehead atoms. The summed E-state index contributed by atoms with van der Waals surface area (Å²) in [6.07, 6.45) is 2.03. The lowest BCUT2D eigenvalue weighted by Gasteiger charge is -2.21. The van der Waals surface area contributed by atoms with Gasteiger partial charge in [-0.15, -0.1) is 11.8 Å². The monoisotopic (exact) mass is 225 g/mol. The number of hydrogen-bond acceptors (Lipinski definition) is 3. The zero-order chi connectivity index (χ0) is 11.6. The van der Waals surface area contributed by atoms with Crippen molar-refractivity contribution in [3.63, 3.8) is 0 Å². The first kappa shape index (κ1) is 12.2. The molecule has 0 saturated carbocycles. The van der Waals surface area contributed by atoms with Gasteiger partial charge in [0.25, 0.3) is 0 Å². The second-order valence-electron chi connectivity index (χ2n) is 4.55. The van der Waals surface area contributed by atoms with Crippen molar-refractivity contribution in [1.82, 2.24) is 0 Å². The van der Waals surface area contributed by atoms with E-state index in [1.54, 1.807) is 18.9 Å². The number of thioether (sulfide) groups is 1. The molecule has 2 N–H and O–H groups in total. The summed E-state index contributed by atoms with van der Waals surface area (Å²) < 4.78 is 5.29. The summed E-state index contributed by atoms with van der Waals surface area (Å²) in [5, 5.41) is 0. The molecule has 15 heavy (non-hydrogen) atoms. The van der Waals surface area contributed by atoms with Crippen molar-refractivity contribution >= 4 is 17.4 Å².